The molecule has 5 nitrogen and oxygen atoms in total. The average molecular weight is 248 g/mol. The Kier molecular flexibility index (Phi) is 3.81. The van der Waals surface area contributed by atoms with Crippen LogP contribution < -0.4 is 5.73 Å². The normalized spacial score (nSPS) is 17.8. The molecule has 1 amide bonds. The third-order valence-electron chi connectivity index (χ3n) is 3.56. The Morgan fingerprint density at radius 2 is 2.22 bits per heavy atom. The van der Waals surface area contributed by atoms with Crippen LogP contribution in [-0.2, 0) is 11.3 Å². The highest BCUT2D eigenvalue weighted by molar-refractivity contribution is 6.17. The minimum Gasteiger partial charge on any atom is -0.366 e. The van der Waals surface area contributed by atoms with Crippen LogP contribution in [0.25, 0.3) is 5.57 Å². The van der Waals surface area contributed by atoms with Crippen LogP contribution in [0.5, 0.6) is 0 Å². The van der Waals surface area contributed by atoms with Crippen molar-refractivity contribution in [3.05, 3.63) is 24.5 Å². The first-order chi connectivity index (χ1) is 8.56. The molecule has 0 saturated carbocycles. The maximum atomic E-state index is 11.0. The minimum atomic E-state index is -0.492. The second kappa shape index (κ2) is 5.35. The van der Waals surface area contributed by atoms with E-state index in [1.165, 1.54) is 12.8 Å². The summed E-state index contributed by atoms with van der Waals surface area (Å²) in [4.78, 5) is 13.4. The molecular formula is C13H20N4O. The zero-order valence-corrected chi connectivity index (χ0v) is 10.8. The lowest BCUT2D eigenvalue weighted by Crippen LogP contribution is -2.31. The van der Waals surface area contributed by atoms with Crippen LogP contribution >= 0.6 is 0 Å². The van der Waals surface area contributed by atoms with Gasteiger partial charge in [-0.15, -0.1) is 0 Å². The van der Waals surface area contributed by atoms with Crippen LogP contribution in [0.4, 0.5) is 0 Å². The number of primary amides is 1. The molecule has 2 rings (SSSR count). The number of rotatable bonds is 4. The lowest BCUT2D eigenvalue weighted by Gasteiger charge is -2.28. The molecule has 0 radical (unpaired) electrons. The van der Waals surface area contributed by atoms with Crippen molar-refractivity contribution in [2.45, 2.75) is 19.4 Å². The van der Waals surface area contributed by atoms with E-state index >= 15 is 0 Å². The fraction of sp³-hybridized carbons (Fsp3) is 0.538. The molecule has 98 valence electrons. The van der Waals surface area contributed by atoms with Gasteiger partial charge in [-0.2, -0.15) is 5.10 Å². The average Bonchev–Trinajstić information content (AvgIpc) is 2.79. The molecule has 2 heterocycles. The van der Waals surface area contributed by atoms with Crippen LogP contribution in [0.3, 0.4) is 0 Å². The number of carbonyl (C=O) groups excluding carboxylic acids is 1. The summed E-state index contributed by atoms with van der Waals surface area (Å²) >= 11 is 0. The van der Waals surface area contributed by atoms with E-state index in [0.29, 0.717) is 11.5 Å². The monoisotopic (exact) mass is 248 g/mol. The van der Waals surface area contributed by atoms with Gasteiger partial charge in [0.05, 0.1) is 6.20 Å². The summed E-state index contributed by atoms with van der Waals surface area (Å²) in [6.07, 6.45) is 5.90. The molecule has 1 saturated heterocycles. The molecule has 5 heteroatoms. The van der Waals surface area contributed by atoms with Crippen LogP contribution in [0.1, 0.15) is 18.4 Å². The molecule has 1 fully saturated rings. The molecule has 0 spiro atoms. The molecule has 0 aromatic carbocycles. The first kappa shape index (κ1) is 12.8. The minimum absolute atomic E-state index is 0.324. The van der Waals surface area contributed by atoms with Gasteiger partial charge in [-0.1, -0.05) is 6.58 Å². The smallest absolute Gasteiger partial charge is 0.248 e. The van der Waals surface area contributed by atoms with Crippen molar-refractivity contribution in [2.75, 3.05) is 20.1 Å². The molecular weight excluding hydrogens is 228 g/mol. The van der Waals surface area contributed by atoms with Gasteiger partial charge in [0.1, 0.15) is 0 Å². The third kappa shape index (κ3) is 2.98. The van der Waals surface area contributed by atoms with Crippen molar-refractivity contribution in [3.8, 4) is 0 Å². The molecule has 0 aliphatic carbocycles. The van der Waals surface area contributed by atoms with Crippen LogP contribution in [0.2, 0.25) is 0 Å². The molecule has 0 atom stereocenters. The van der Waals surface area contributed by atoms with Crippen molar-refractivity contribution < 1.29 is 4.79 Å². The summed E-state index contributed by atoms with van der Waals surface area (Å²) in [6.45, 7) is 6.85. The standard InChI is InChI=1S/C13H20N4O/c1-10(13(14)18)12-7-15-17(9-12)8-11-3-5-16(2)6-4-11/h7,9,11H,1,3-6,8H2,2H3,(H2,14,18). The topological polar surface area (TPSA) is 64.2 Å². The maximum Gasteiger partial charge on any atom is 0.248 e. The highest BCUT2D eigenvalue weighted by Gasteiger charge is 2.17. The van der Waals surface area contributed by atoms with Crippen molar-refractivity contribution in [3.63, 3.8) is 0 Å². The van der Waals surface area contributed by atoms with Gasteiger partial charge in [-0.05, 0) is 38.9 Å². The molecule has 2 N–H and O–H groups in total. The molecule has 1 aromatic heterocycles. The summed E-state index contributed by atoms with van der Waals surface area (Å²) in [6, 6.07) is 0. The van der Waals surface area contributed by atoms with Crippen molar-refractivity contribution in [2.24, 2.45) is 11.7 Å². The van der Waals surface area contributed by atoms with Gasteiger partial charge in [0.15, 0.2) is 0 Å². The zero-order valence-electron chi connectivity index (χ0n) is 10.8. The number of carbonyl (C=O) groups is 1. The zero-order chi connectivity index (χ0) is 13.1. The highest BCUT2D eigenvalue weighted by Crippen LogP contribution is 2.18. The van der Waals surface area contributed by atoms with E-state index in [2.05, 4.69) is 23.6 Å². The molecule has 0 bridgehead atoms. The number of nitrogens with two attached hydrogens (primary N) is 1. The fourth-order valence-electron chi connectivity index (χ4n) is 2.27. The van der Waals surface area contributed by atoms with E-state index in [9.17, 15) is 4.79 Å². The van der Waals surface area contributed by atoms with Crippen molar-refractivity contribution >= 4 is 11.5 Å². The Hall–Kier alpha value is -1.62. The highest BCUT2D eigenvalue weighted by atomic mass is 16.1. The Balaban J connectivity index is 1.94. The van der Waals surface area contributed by atoms with E-state index in [4.69, 9.17) is 5.73 Å². The summed E-state index contributed by atoms with van der Waals surface area (Å²) < 4.78 is 1.89. The lowest BCUT2D eigenvalue weighted by atomic mass is 9.97. The van der Waals surface area contributed by atoms with E-state index in [-0.39, 0.29) is 0 Å². The predicted molar refractivity (Wildman–Crippen MR) is 70.7 cm³/mol. The van der Waals surface area contributed by atoms with Crippen molar-refractivity contribution in [1.29, 1.82) is 0 Å². The van der Waals surface area contributed by atoms with Gasteiger partial charge in [0.2, 0.25) is 5.91 Å². The summed E-state index contributed by atoms with van der Waals surface area (Å²) in [5.41, 5.74) is 6.24. The van der Waals surface area contributed by atoms with Gasteiger partial charge in [0, 0.05) is 23.9 Å². The number of amides is 1. The second-order valence-corrected chi connectivity index (χ2v) is 5.04. The number of hydrogen-bond donors (Lipinski definition) is 1. The number of piperidine rings is 1. The summed E-state index contributed by atoms with van der Waals surface area (Å²) in [5, 5.41) is 4.27. The molecule has 1 aliphatic rings. The van der Waals surface area contributed by atoms with Crippen LogP contribution in [-0.4, -0.2) is 40.7 Å². The number of aromatic nitrogens is 2. The molecule has 18 heavy (non-hydrogen) atoms. The van der Waals surface area contributed by atoms with Crippen LogP contribution in [0, 0.1) is 5.92 Å². The fourth-order valence-corrected chi connectivity index (χ4v) is 2.27. The Morgan fingerprint density at radius 3 is 2.83 bits per heavy atom. The SMILES string of the molecule is C=C(C(N)=O)c1cnn(CC2CCN(C)CC2)c1. The number of nitrogens with zero attached hydrogens (tertiary/aromatic N) is 3. The van der Waals surface area contributed by atoms with E-state index in [1.807, 2.05) is 10.9 Å². The maximum absolute atomic E-state index is 11.0. The van der Waals surface area contributed by atoms with E-state index < -0.39 is 5.91 Å². The van der Waals surface area contributed by atoms with Gasteiger partial charge in [-0.3, -0.25) is 9.48 Å². The van der Waals surface area contributed by atoms with Gasteiger partial charge < -0.3 is 10.6 Å². The lowest BCUT2D eigenvalue weighted by molar-refractivity contribution is -0.112. The van der Waals surface area contributed by atoms with Gasteiger partial charge in [0.25, 0.3) is 0 Å². The first-order valence-electron chi connectivity index (χ1n) is 6.26. The quantitative estimate of drug-likeness (QED) is 0.799. The molecule has 0 unspecified atom stereocenters. The third-order valence-corrected chi connectivity index (χ3v) is 3.56. The molecule has 1 aromatic rings. The Morgan fingerprint density at radius 1 is 1.56 bits per heavy atom. The predicted octanol–water partition coefficient (Wildman–Crippen LogP) is 0.723. The Bertz CT molecular complexity index is 444. The van der Waals surface area contributed by atoms with E-state index in [1.54, 1.807) is 6.20 Å². The number of likely N-dealkylation sites (tertiary alicyclic amines) is 1. The first-order valence-corrected chi connectivity index (χ1v) is 6.26. The van der Waals surface area contributed by atoms with Gasteiger partial charge in [-0.25, -0.2) is 0 Å². The summed E-state index contributed by atoms with van der Waals surface area (Å²) in [7, 11) is 2.15. The Labute approximate surface area is 107 Å². The largest absolute Gasteiger partial charge is 0.366 e. The molecule has 1 aliphatic heterocycles. The van der Waals surface area contributed by atoms with Crippen molar-refractivity contribution in [1.82, 2.24) is 14.7 Å². The van der Waals surface area contributed by atoms with Crippen LogP contribution in [0.15, 0.2) is 19.0 Å². The van der Waals surface area contributed by atoms with E-state index in [0.717, 1.165) is 25.2 Å². The second-order valence-electron chi connectivity index (χ2n) is 5.04. The van der Waals surface area contributed by atoms with Gasteiger partial charge >= 0.3 is 0 Å². The summed E-state index contributed by atoms with van der Waals surface area (Å²) in [5.74, 6) is 0.171. The number of hydrogen-bond acceptors (Lipinski definition) is 3.